The molecule has 34 heavy (non-hydrogen) atoms. The second-order valence-electron chi connectivity index (χ2n) is 7.68. The Morgan fingerprint density at radius 2 is 1.79 bits per heavy atom. The van der Waals surface area contributed by atoms with Crippen molar-refractivity contribution < 1.29 is 22.7 Å². The second kappa shape index (κ2) is 10.2. The third-order valence-electron chi connectivity index (χ3n) is 5.47. The van der Waals surface area contributed by atoms with Crippen LogP contribution in [0, 0.1) is 0 Å². The number of sulfonamides is 1. The minimum atomic E-state index is -3.87. The number of nitrogens with one attached hydrogen (secondary N) is 1. The van der Waals surface area contributed by atoms with Crippen LogP contribution in [0.5, 0.6) is 5.75 Å². The number of anilines is 1. The lowest BCUT2D eigenvalue weighted by molar-refractivity contribution is 0.0729. The zero-order chi connectivity index (χ0) is 24.1. The molecule has 2 aromatic carbocycles. The molecule has 1 fully saturated rings. The van der Waals surface area contributed by atoms with Gasteiger partial charge >= 0.3 is 0 Å². The van der Waals surface area contributed by atoms with Gasteiger partial charge in [-0.2, -0.15) is 4.31 Å². The molecular formula is C24H25N3O6S. The molecule has 0 saturated carbocycles. The molecule has 2 heterocycles. The fourth-order valence-corrected chi connectivity index (χ4v) is 5.28. The van der Waals surface area contributed by atoms with E-state index >= 15 is 0 Å². The van der Waals surface area contributed by atoms with Crippen molar-refractivity contribution in [2.24, 2.45) is 0 Å². The topological polar surface area (TPSA) is 107 Å². The highest BCUT2D eigenvalue weighted by atomic mass is 32.2. The lowest BCUT2D eigenvalue weighted by Gasteiger charge is -2.26. The van der Waals surface area contributed by atoms with E-state index in [1.165, 1.54) is 40.2 Å². The largest absolute Gasteiger partial charge is 0.495 e. The van der Waals surface area contributed by atoms with Crippen LogP contribution >= 0.6 is 0 Å². The lowest BCUT2D eigenvalue weighted by atomic mass is 10.2. The van der Waals surface area contributed by atoms with E-state index in [1.807, 2.05) is 30.3 Å². The summed E-state index contributed by atoms with van der Waals surface area (Å²) in [5.41, 5.74) is 0.663. The zero-order valence-electron chi connectivity index (χ0n) is 18.6. The summed E-state index contributed by atoms with van der Waals surface area (Å²) in [7, 11) is -2.49. The monoisotopic (exact) mass is 483 g/mol. The van der Waals surface area contributed by atoms with E-state index in [2.05, 4.69) is 5.32 Å². The van der Waals surface area contributed by atoms with Gasteiger partial charge in [-0.05, 0) is 35.9 Å². The SMILES string of the molecule is COc1ccc(NC(=O)c2cccn(Cc3ccccc3)c2=O)cc1S(=O)(=O)N1CCOCC1. The Balaban J connectivity index is 1.60. The maximum absolute atomic E-state index is 13.2. The van der Waals surface area contributed by atoms with E-state index in [0.29, 0.717) is 19.8 Å². The van der Waals surface area contributed by atoms with Crippen LogP contribution in [0.2, 0.25) is 0 Å². The Kier molecular flexibility index (Phi) is 7.11. The molecule has 1 amide bonds. The van der Waals surface area contributed by atoms with Crippen molar-refractivity contribution >= 4 is 21.6 Å². The smallest absolute Gasteiger partial charge is 0.263 e. The summed E-state index contributed by atoms with van der Waals surface area (Å²) in [5.74, 6) is -0.471. The summed E-state index contributed by atoms with van der Waals surface area (Å²) in [6.45, 7) is 1.40. The van der Waals surface area contributed by atoms with E-state index in [0.717, 1.165) is 5.56 Å². The van der Waals surface area contributed by atoms with Crippen molar-refractivity contribution in [3.8, 4) is 5.75 Å². The molecule has 1 aliphatic heterocycles. The first-order valence-corrected chi connectivity index (χ1v) is 12.1. The Hall–Kier alpha value is -3.47. The quantitative estimate of drug-likeness (QED) is 0.552. The summed E-state index contributed by atoms with van der Waals surface area (Å²) < 4.78 is 39.6. The van der Waals surface area contributed by atoms with Crippen LogP contribution in [-0.4, -0.2) is 56.6 Å². The van der Waals surface area contributed by atoms with Gasteiger partial charge in [-0.3, -0.25) is 9.59 Å². The molecule has 0 atom stereocenters. The van der Waals surface area contributed by atoms with Crippen LogP contribution in [0.4, 0.5) is 5.69 Å². The second-order valence-corrected chi connectivity index (χ2v) is 9.58. The van der Waals surface area contributed by atoms with Gasteiger partial charge in [0.05, 0.1) is 26.9 Å². The van der Waals surface area contributed by atoms with Crippen LogP contribution in [0.15, 0.2) is 76.6 Å². The zero-order valence-corrected chi connectivity index (χ0v) is 19.5. The number of pyridine rings is 1. The number of ether oxygens (including phenoxy) is 2. The molecule has 9 nitrogen and oxygen atoms in total. The van der Waals surface area contributed by atoms with Crippen molar-refractivity contribution in [1.82, 2.24) is 8.87 Å². The first kappa shape index (κ1) is 23.7. The molecule has 4 rings (SSSR count). The molecular weight excluding hydrogens is 458 g/mol. The first-order chi connectivity index (χ1) is 16.4. The Morgan fingerprint density at radius 3 is 2.50 bits per heavy atom. The normalized spacial score (nSPS) is 14.5. The molecule has 0 unspecified atom stereocenters. The molecule has 0 radical (unpaired) electrons. The van der Waals surface area contributed by atoms with Gasteiger partial charge in [-0.15, -0.1) is 0 Å². The number of amides is 1. The van der Waals surface area contributed by atoms with Crippen LogP contribution in [0.25, 0.3) is 0 Å². The third kappa shape index (κ3) is 5.04. The Bertz CT molecular complexity index is 1330. The van der Waals surface area contributed by atoms with Gasteiger partial charge in [0.1, 0.15) is 16.2 Å². The summed E-state index contributed by atoms with van der Waals surface area (Å²) >= 11 is 0. The average Bonchev–Trinajstić information content (AvgIpc) is 2.86. The number of rotatable bonds is 7. The summed E-state index contributed by atoms with van der Waals surface area (Å²) in [6.07, 6.45) is 1.62. The Morgan fingerprint density at radius 1 is 1.06 bits per heavy atom. The predicted octanol–water partition coefficient (Wildman–Crippen LogP) is 2.18. The number of carbonyl (C=O) groups is 1. The molecule has 1 aliphatic rings. The van der Waals surface area contributed by atoms with Crippen molar-refractivity contribution in [1.29, 1.82) is 0 Å². The molecule has 0 spiro atoms. The molecule has 10 heteroatoms. The number of carbonyl (C=O) groups excluding carboxylic acids is 1. The Labute approximate surface area is 197 Å². The highest BCUT2D eigenvalue weighted by molar-refractivity contribution is 7.89. The van der Waals surface area contributed by atoms with Gasteiger partial charge in [0.2, 0.25) is 10.0 Å². The molecule has 1 aromatic heterocycles. The maximum Gasteiger partial charge on any atom is 0.263 e. The van der Waals surface area contributed by atoms with E-state index in [9.17, 15) is 18.0 Å². The van der Waals surface area contributed by atoms with Gasteiger partial charge in [0.15, 0.2) is 0 Å². The minimum Gasteiger partial charge on any atom is -0.495 e. The third-order valence-corrected chi connectivity index (χ3v) is 7.39. The van der Waals surface area contributed by atoms with Crippen LogP contribution in [0.3, 0.4) is 0 Å². The number of morpholine rings is 1. The lowest BCUT2D eigenvalue weighted by Crippen LogP contribution is -2.40. The molecule has 0 bridgehead atoms. The number of methoxy groups -OCH3 is 1. The number of hydrogen-bond donors (Lipinski definition) is 1. The minimum absolute atomic E-state index is 0.0492. The fraction of sp³-hybridized carbons (Fsp3) is 0.250. The molecule has 1 saturated heterocycles. The van der Waals surface area contributed by atoms with Gasteiger partial charge in [-0.25, -0.2) is 8.42 Å². The standard InChI is InChI=1S/C24H25N3O6S/c1-32-21-10-9-19(16-22(21)34(30,31)27-12-14-33-15-13-27)25-23(28)20-8-5-11-26(24(20)29)17-18-6-3-2-4-7-18/h2-11,16H,12-15,17H2,1H3,(H,25,28). The van der Waals surface area contributed by atoms with Crippen molar-refractivity contribution in [3.63, 3.8) is 0 Å². The number of aromatic nitrogens is 1. The molecule has 178 valence electrons. The molecule has 3 aromatic rings. The predicted molar refractivity (Wildman–Crippen MR) is 127 cm³/mol. The number of hydrogen-bond acceptors (Lipinski definition) is 6. The highest BCUT2D eigenvalue weighted by Crippen LogP contribution is 2.30. The van der Waals surface area contributed by atoms with Gasteiger partial charge < -0.3 is 19.4 Å². The molecule has 1 N–H and O–H groups in total. The summed E-state index contributed by atoms with van der Waals surface area (Å²) in [5, 5.41) is 2.64. The van der Waals surface area contributed by atoms with Crippen molar-refractivity contribution in [2.75, 3.05) is 38.7 Å². The number of nitrogens with zero attached hydrogens (tertiary/aromatic N) is 2. The van der Waals surface area contributed by atoms with Gasteiger partial charge in [0, 0.05) is 25.0 Å². The van der Waals surface area contributed by atoms with E-state index in [-0.39, 0.29) is 35.0 Å². The summed E-state index contributed by atoms with van der Waals surface area (Å²) in [4.78, 5) is 25.8. The van der Waals surface area contributed by atoms with E-state index in [4.69, 9.17) is 9.47 Å². The van der Waals surface area contributed by atoms with Gasteiger partial charge in [0.25, 0.3) is 11.5 Å². The van der Waals surface area contributed by atoms with Crippen molar-refractivity contribution in [2.45, 2.75) is 11.4 Å². The van der Waals surface area contributed by atoms with Gasteiger partial charge in [-0.1, -0.05) is 30.3 Å². The first-order valence-electron chi connectivity index (χ1n) is 10.7. The van der Waals surface area contributed by atoms with E-state index in [1.54, 1.807) is 12.3 Å². The van der Waals surface area contributed by atoms with Crippen LogP contribution in [0.1, 0.15) is 15.9 Å². The van der Waals surface area contributed by atoms with Crippen LogP contribution < -0.4 is 15.6 Å². The summed E-state index contributed by atoms with van der Waals surface area (Å²) in [6, 6.07) is 16.8. The maximum atomic E-state index is 13.2. The van der Waals surface area contributed by atoms with Crippen LogP contribution in [-0.2, 0) is 21.3 Å². The fourth-order valence-electron chi connectivity index (χ4n) is 3.69. The molecule has 0 aliphatic carbocycles. The van der Waals surface area contributed by atoms with E-state index < -0.39 is 21.5 Å². The highest BCUT2D eigenvalue weighted by Gasteiger charge is 2.29. The number of benzene rings is 2. The van der Waals surface area contributed by atoms with Crippen molar-refractivity contribution in [3.05, 3.63) is 88.3 Å². The average molecular weight is 484 g/mol.